The van der Waals surface area contributed by atoms with Crippen LogP contribution in [0, 0.1) is 6.92 Å². The zero-order valence-corrected chi connectivity index (χ0v) is 16.9. The van der Waals surface area contributed by atoms with Crippen molar-refractivity contribution in [2.45, 2.75) is 33.4 Å². The first-order chi connectivity index (χ1) is 14.0. The Morgan fingerprint density at radius 1 is 1.10 bits per heavy atom. The highest BCUT2D eigenvalue weighted by molar-refractivity contribution is 6.07. The van der Waals surface area contributed by atoms with E-state index in [1.54, 1.807) is 18.1 Å². The van der Waals surface area contributed by atoms with E-state index in [0.717, 1.165) is 40.5 Å². The standard InChI is InChI=1S/C23H24N4O2/c1-4-12-26-20-11-6-5-10-18(20)19-14-24-27(23(29)22(19)26)15-21(28)25(3)17-9-7-8-16(2)13-17/h5-11,13-14H,4,12,15H2,1-3H3. The third kappa shape index (κ3) is 3.31. The minimum atomic E-state index is -0.238. The minimum absolute atomic E-state index is 0.104. The lowest BCUT2D eigenvalue weighted by Crippen LogP contribution is -2.35. The van der Waals surface area contributed by atoms with Crippen LogP contribution in [0.4, 0.5) is 5.69 Å². The second kappa shape index (κ2) is 7.54. The van der Waals surface area contributed by atoms with Gasteiger partial charge in [-0.3, -0.25) is 9.59 Å². The number of hydrogen-bond donors (Lipinski definition) is 0. The molecule has 2 aromatic carbocycles. The van der Waals surface area contributed by atoms with Gasteiger partial charge in [0.25, 0.3) is 5.56 Å². The predicted octanol–water partition coefficient (Wildman–Crippen LogP) is 3.73. The van der Waals surface area contributed by atoms with Gasteiger partial charge in [0.15, 0.2) is 0 Å². The van der Waals surface area contributed by atoms with Gasteiger partial charge in [-0.25, -0.2) is 4.68 Å². The summed E-state index contributed by atoms with van der Waals surface area (Å²) in [6.07, 6.45) is 2.61. The van der Waals surface area contributed by atoms with Crippen LogP contribution < -0.4 is 10.5 Å². The topological polar surface area (TPSA) is 60.1 Å². The molecule has 0 atom stereocenters. The molecule has 2 heterocycles. The van der Waals surface area contributed by atoms with E-state index in [1.807, 2.05) is 60.0 Å². The van der Waals surface area contributed by atoms with Gasteiger partial charge in [-0.05, 0) is 37.1 Å². The van der Waals surface area contributed by atoms with Gasteiger partial charge >= 0.3 is 0 Å². The van der Waals surface area contributed by atoms with Crippen molar-refractivity contribution < 1.29 is 4.79 Å². The van der Waals surface area contributed by atoms with E-state index < -0.39 is 0 Å². The molecule has 29 heavy (non-hydrogen) atoms. The summed E-state index contributed by atoms with van der Waals surface area (Å²) in [4.78, 5) is 27.6. The summed E-state index contributed by atoms with van der Waals surface area (Å²) < 4.78 is 3.31. The zero-order valence-electron chi connectivity index (χ0n) is 16.9. The third-order valence-electron chi connectivity index (χ3n) is 5.27. The molecule has 0 saturated heterocycles. The van der Waals surface area contributed by atoms with Crippen LogP contribution in [0.25, 0.3) is 21.8 Å². The van der Waals surface area contributed by atoms with Gasteiger partial charge in [-0.1, -0.05) is 37.3 Å². The largest absolute Gasteiger partial charge is 0.336 e. The number of rotatable bonds is 5. The smallest absolute Gasteiger partial charge is 0.291 e. The Morgan fingerprint density at radius 3 is 2.66 bits per heavy atom. The number of para-hydroxylation sites is 1. The number of aryl methyl sites for hydroxylation is 2. The quantitative estimate of drug-likeness (QED) is 0.523. The fraction of sp³-hybridized carbons (Fsp3) is 0.261. The van der Waals surface area contributed by atoms with Crippen LogP contribution >= 0.6 is 0 Å². The summed E-state index contributed by atoms with van der Waals surface area (Å²) >= 11 is 0. The summed E-state index contributed by atoms with van der Waals surface area (Å²) in [6, 6.07) is 15.7. The monoisotopic (exact) mass is 388 g/mol. The van der Waals surface area contributed by atoms with Crippen LogP contribution in [0.1, 0.15) is 18.9 Å². The molecular formula is C23H24N4O2. The van der Waals surface area contributed by atoms with Crippen LogP contribution in [0.3, 0.4) is 0 Å². The zero-order chi connectivity index (χ0) is 20.5. The molecule has 0 radical (unpaired) electrons. The molecule has 4 aromatic rings. The lowest BCUT2D eigenvalue weighted by atomic mass is 10.2. The van der Waals surface area contributed by atoms with Gasteiger partial charge in [0.05, 0.1) is 6.20 Å². The van der Waals surface area contributed by atoms with Gasteiger partial charge in [-0.15, -0.1) is 0 Å². The van der Waals surface area contributed by atoms with Gasteiger partial charge in [0.2, 0.25) is 5.91 Å². The number of hydrogen-bond acceptors (Lipinski definition) is 3. The lowest BCUT2D eigenvalue weighted by Gasteiger charge is -2.18. The molecule has 6 heteroatoms. The molecule has 1 amide bonds. The number of amides is 1. The van der Waals surface area contributed by atoms with Crippen molar-refractivity contribution in [3.63, 3.8) is 0 Å². The second-order valence-electron chi connectivity index (χ2n) is 7.33. The molecule has 148 valence electrons. The first-order valence-electron chi connectivity index (χ1n) is 9.81. The molecule has 0 aliphatic carbocycles. The van der Waals surface area contributed by atoms with Gasteiger partial charge in [-0.2, -0.15) is 5.10 Å². The molecule has 0 unspecified atom stereocenters. The van der Waals surface area contributed by atoms with Crippen molar-refractivity contribution in [1.29, 1.82) is 0 Å². The van der Waals surface area contributed by atoms with E-state index in [9.17, 15) is 9.59 Å². The molecule has 2 aromatic heterocycles. The van der Waals surface area contributed by atoms with Gasteiger partial charge < -0.3 is 9.47 Å². The number of fused-ring (bicyclic) bond motifs is 3. The number of likely N-dealkylation sites (N-methyl/N-ethyl adjacent to an activating group) is 1. The Kier molecular flexibility index (Phi) is 4.92. The average Bonchev–Trinajstić information content (AvgIpc) is 3.04. The van der Waals surface area contributed by atoms with E-state index in [-0.39, 0.29) is 18.0 Å². The van der Waals surface area contributed by atoms with E-state index >= 15 is 0 Å². The van der Waals surface area contributed by atoms with Crippen molar-refractivity contribution >= 4 is 33.4 Å². The fourth-order valence-electron chi connectivity index (χ4n) is 3.78. The van der Waals surface area contributed by atoms with Crippen molar-refractivity contribution in [1.82, 2.24) is 14.3 Å². The molecule has 0 saturated carbocycles. The molecule has 0 bridgehead atoms. The summed E-state index contributed by atoms with van der Waals surface area (Å²) in [5, 5.41) is 6.15. The van der Waals surface area contributed by atoms with Crippen LogP contribution in [0.5, 0.6) is 0 Å². The molecular weight excluding hydrogens is 364 g/mol. The van der Waals surface area contributed by atoms with Gasteiger partial charge in [0, 0.05) is 35.6 Å². The molecule has 0 N–H and O–H groups in total. The van der Waals surface area contributed by atoms with E-state index in [2.05, 4.69) is 12.0 Å². The Balaban J connectivity index is 1.76. The lowest BCUT2D eigenvalue weighted by molar-refractivity contribution is -0.119. The molecule has 0 aliphatic heterocycles. The van der Waals surface area contributed by atoms with E-state index in [0.29, 0.717) is 5.52 Å². The van der Waals surface area contributed by atoms with Crippen molar-refractivity contribution in [3.05, 3.63) is 70.6 Å². The average molecular weight is 388 g/mol. The molecule has 6 nitrogen and oxygen atoms in total. The molecule has 0 fully saturated rings. The van der Waals surface area contributed by atoms with E-state index in [4.69, 9.17) is 0 Å². The Morgan fingerprint density at radius 2 is 1.90 bits per heavy atom. The van der Waals surface area contributed by atoms with Crippen molar-refractivity contribution in [3.8, 4) is 0 Å². The van der Waals surface area contributed by atoms with Crippen LogP contribution in [0.15, 0.2) is 59.5 Å². The first-order valence-corrected chi connectivity index (χ1v) is 9.81. The molecule has 0 spiro atoms. The number of carbonyl (C=O) groups excluding carboxylic acids is 1. The Bertz CT molecular complexity index is 1270. The van der Waals surface area contributed by atoms with Gasteiger partial charge in [0.1, 0.15) is 12.1 Å². The maximum atomic E-state index is 13.3. The summed E-state index contributed by atoms with van der Waals surface area (Å²) in [5.74, 6) is -0.192. The highest BCUT2D eigenvalue weighted by Crippen LogP contribution is 2.26. The summed E-state index contributed by atoms with van der Waals surface area (Å²) in [7, 11) is 1.72. The van der Waals surface area contributed by atoms with Crippen LogP contribution in [-0.2, 0) is 17.9 Å². The van der Waals surface area contributed by atoms with Crippen molar-refractivity contribution in [2.75, 3.05) is 11.9 Å². The molecule has 4 rings (SSSR count). The summed E-state index contributed by atoms with van der Waals surface area (Å²) in [5.41, 5.74) is 3.25. The maximum Gasteiger partial charge on any atom is 0.291 e. The minimum Gasteiger partial charge on any atom is -0.336 e. The first kappa shape index (κ1) is 18.9. The maximum absolute atomic E-state index is 13.3. The van der Waals surface area contributed by atoms with Crippen LogP contribution in [-0.4, -0.2) is 27.3 Å². The SMILES string of the molecule is CCCn1c2ccccc2c2cnn(CC(=O)N(C)c3cccc(C)c3)c(=O)c21. The van der Waals surface area contributed by atoms with Crippen molar-refractivity contribution in [2.24, 2.45) is 0 Å². The summed E-state index contributed by atoms with van der Waals surface area (Å²) in [6.45, 7) is 4.70. The fourth-order valence-corrected chi connectivity index (χ4v) is 3.78. The highest BCUT2D eigenvalue weighted by atomic mass is 16.2. The normalized spacial score (nSPS) is 11.3. The predicted molar refractivity (Wildman–Crippen MR) is 116 cm³/mol. The Hall–Kier alpha value is -3.41. The number of carbonyl (C=O) groups is 1. The van der Waals surface area contributed by atoms with E-state index in [1.165, 1.54) is 4.68 Å². The molecule has 0 aliphatic rings. The number of nitrogens with zero attached hydrogens (tertiary/aromatic N) is 4. The number of benzene rings is 2. The third-order valence-corrected chi connectivity index (χ3v) is 5.27. The Labute approximate surface area is 169 Å². The highest BCUT2D eigenvalue weighted by Gasteiger charge is 2.18. The number of anilines is 1. The second-order valence-corrected chi connectivity index (χ2v) is 7.33. The number of aromatic nitrogens is 3. The van der Waals surface area contributed by atoms with Crippen LogP contribution in [0.2, 0.25) is 0 Å².